The summed E-state index contributed by atoms with van der Waals surface area (Å²) in [4.78, 5) is 39.9. The number of likely N-dealkylation sites (tertiary alicyclic amines) is 2. The number of unbranched alkanes of at least 4 members (excludes halogenated alkanes) is 1. The van der Waals surface area contributed by atoms with Gasteiger partial charge in [-0.1, -0.05) is 13.3 Å². The van der Waals surface area contributed by atoms with Crippen molar-refractivity contribution in [2.75, 3.05) is 26.2 Å². The standard InChI is InChI=1S/C18H31N3O4/c1-4-5-10-25-18(24)19-15-6-8-20(9-7-15)17(23)14-11-16(22)21(12-14)13(2)3/h13-15H,4-12H2,1-3H3,(H,19,24). The first-order valence-corrected chi connectivity index (χ1v) is 9.43. The lowest BCUT2D eigenvalue weighted by Crippen LogP contribution is -2.48. The van der Waals surface area contributed by atoms with Gasteiger partial charge in [-0.2, -0.15) is 0 Å². The first-order chi connectivity index (χ1) is 11.9. The second kappa shape index (κ2) is 9.06. The van der Waals surface area contributed by atoms with Gasteiger partial charge in [-0.05, 0) is 33.1 Å². The third kappa shape index (κ3) is 5.34. The molecular weight excluding hydrogens is 322 g/mol. The minimum Gasteiger partial charge on any atom is -0.450 e. The second-order valence-corrected chi connectivity index (χ2v) is 7.27. The molecule has 0 aromatic rings. The molecule has 0 aromatic carbocycles. The summed E-state index contributed by atoms with van der Waals surface area (Å²) in [6.07, 6.45) is 3.26. The first kappa shape index (κ1) is 19.5. The number of hydrogen-bond acceptors (Lipinski definition) is 4. The molecule has 1 N–H and O–H groups in total. The van der Waals surface area contributed by atoms with Crippen LogP contribution in [0.1, 0.15) is 52.9 Å². The normalized spacial score (nSPS) is 21.8. The number of hydrogen-bond donors (Lipinski definition) is 1. The summed E-state index contributed by atoms with van der Waals surface area (Å²) in [5, 5.41) is 2.87. The summed E-state index contributed by atoms with van der Waals surface area (Å²) in [6.45, 7) is 8.20. The Balaban J connectivity index is 1.74. The van der Waals surface area contributed by atoms with E-state index in [0.29, 0.717) is 32.7 Å². The van der Waals surface area contributed by atoms with Gasteiger partial charge in [0.25, 0.3) is 0 Å². The molecule has 1 unspecified atom stereocenters. The van der Waals surface area contributed by atoms with Gasteiger partial charge in [-0.15, -0.1) is 0 Å². The van der Waals surface area contributed by atoms with E-state index in [-0.39, 0.29) is 35.9 Å². The Morgan fingerprint density at radius 1 is 1.28 bits per heavy atom. The number of alkyl carbamates (subject to hydrolysis) is 1. The molecule has 7 heteroatoms. The summed E-state index contributed by atoms with van der Waals surface area (Å²) in [6, 6.07) is 0.189. The SMILES string of the molecule is CCCCOC(=O)NC1CCN(C(=O)C2CC(=O)N(C(C)C)C2)CC1. The molecule has 3 amide bonds. The molecule has 7 nitrogen and oxygen atoms in total. The van der Waals surface area contributed by atoms with Crippen molar-refractivity contribution in [2.24, 2.45) is 5.92 Å². The smallest absolute Gasteiger partial charge is 0.407 e. The van der Waals surface area contributed by atoms with Crippen molar-refractivity contribution in [2.45, 2.75) is 65.0 Å². The number of nitrogens with zero attached hydrogens (tertiary/aromatic N) is 2. The predicted octanol–water partition coefficient (Wildman–Crippen LogP) is 1.76. The van der Waals surface area contributed by atoms with Gasteiger partial charge in [0.1, 0.15) is 0 Å². The van der Waals surface area contributed by atoms with Gasteiger partial charge in [0.15, 0.2) is 0 Å². The Morgan fingerprint density at radius 2 is 1.96 bits per heavy atom. The molecule has 142 valence electrons. The van der Waals surface area contributed by atoms with Crippen LogP contribution in [0, 0.1) is 5.92 Å². The molecule has 0 saturated carbocycles. The lowest BCUT2D eigenvalue weighted by molar-refractivity contribution is -0.136. The molecule has 1 atom stereocenters. The minimum atomic E-state index is -0.368. The highest BCUT2D eigenvalue weighted by molar-refractivity contribution is 5.89. The number of carbonyl (C=O) groups is 3. The molecule has 25 heavy (non-hydrogen) atoms. The monoisotopic (exact) mass is 353 g/mol. The van der Waals surface area contributed by atoms with Crippen LogP contribution in [0.5, 0.6) is 0 Å². The number of rotatable bonds is 6. The van der Waals surface area contributed by atoms with Crippen molar-refractivity contribution in [3.8, 4) is 0 Å². The highest BCUT2D eigenvalue weighted by Gasteiger charge is 2.38. The van der Waals surface area contributed by atoms with Crippen molar-refractivity contribution in [3.05, 3.63) is 0 Å². The van der Waals surface area contributed by atoms with Crippen LogP contribution in [-0.4, -0.2) is 66.0 Å². The van der Waals surface area contributed by atoms with Crippen LogP contribution < -0.4 is 5.32 Å². The van der Waals surface area contributed by atoms with Gasteiger partial charge >= 0.3 is 6.09 Å². The largest absolute Gasteiger partial charge is 0.450 e. The fraction of sp³-hybridized carbons (Fsp3) is 0.833. The number of ether oxygens (including phenoxy) is 1. The van der Waals surface area contributed by atoms with E-state index < -0.39 is 0 Å². The van der Waals surface area contributed by atoms with Crippen molar-refractivity contribution >= 4 is 17.9 Å². The molecule has 2 rings (SSSR count). The Hall–Kier alpha value is -1.79. The highest BCUT2D eigenvalue weighted by Crippen LogP contribution is 2.23. The van der Waals surface area contributed by atoms with E-state index >= 15 is 0 Å². The lowest BCUT2D eigenvalue weighted by Gasteiger charge is -2.33. The van der Waals surface area contributed by atoms with Gasteiger partial charge in [-0.25, -0.2) is 4.79 Å². The number of nitrogens with one attached hydrogen (secondary N) is 1. The number of amides is 3. The van der Waals surface area contributed by atoms with Gasteiger partial charge < -0.3 is 19.9 Å². The van der Waals surface area contributed by atoms with E-state index in [0.717, 1.165) is 25.7 Å². The van der Waals surface area contributed by atoms with E-state index in [1.165, 1.54) is 0 Å². The van der Waals surface area contributed by atoms with Crippen LogP contribution in [0.25, 0.3) is 0 Å². The van der Waals surface area contributed by atoms with Gasteiger partial charge in [0, 0.05) is 38.1 Å². The summed E-state index contributed by atoms with van der Waals surface area (Å²) in [7, 11) is 0. The fourth-order valence-electron chi connectivity index (χ4n) is 3.42. The van der Waals surface area contributed by atoms with Crippen molar-refractivity contribution < 1.29 is 19.1 Å². The maximum absolute atomic E-state index is 12.7. The zero-order valence-corrected chi connectivity index (χ0v) is 15.6. The Morgan fingerprint density at radius 3 is 2.52 bits per heavy atom. The molecule has 0 aromatic heterocycles. The van der Waals surface area contributed by atoms with Gasteiger partial charge in [0.2, 0.25) is 11.8 Å². The molecule has 0 spiro atoms. The summed E-state index contributed by atoms with van der Waals surface area (Å²) < 4.78 is 5.11. The summed E-state index contributed by atoms with van der Waals surface area (Å²) >= 11 is 0. The average Bonchev–Trinajstić information content (AvgIpc) is 2.97. The van der Waals surface area contributed by atoms with E-state index in [1.54, 1.807) is 4.90 Å². The number of piperidine rings is 1. The predicted molar refractivity (Wildman–Crippen MR) is 93.9 cm³/mol. The van der Waals surface area contributed by atoms with Crippen LogP contribution in [-0.2, 0) is 14.3 Å². The van der Waals surface area contributed by atoms with Crippen LogP contribution in [0.2, 0.25) is 0 Å². The molecule has 0 radical (unpaired) electrons. The average molecular weight is 353 g/mol. The zero-order chi connectivity index (χ0) is 18.4. The molecule has 0 bridgehead atoms. The molecule has 2 heterocycles. The van der Waals surface area contributed by atoms with E-state index in [1.807, 2.05) is 25.7 Å². The Bertz CT molecular complexity index is 487. The van der Waals surface area contributed by atoms with E-state index in [2.05, 4.69) is 5.32 Å². The minimum absolute atomic E-state index is 0.0514. The number of carbonyl (C=O) groups excluding carboxylic acids is 3. The molecular formula is C18H31N3O4. The van der Waals surface area contributed by atoms with Crippen LogP contribution in [0.4, 0.5) is 4.79 Å². The first-order valence-electron chi connectivity index (χ1n) is 9.43. The van der Waals surface area contributed by atoms with Crippen LogP contribution >= 0.6 is 0 Å². The van der Waals surface area contributed by atoms with Crippen LogP contribution in [0.15, 0.2) is 0 Å². The van der Waals surface area contributed by atoms with Gasteiger partial charge in [0.05, 0.1) is 12.5 Å². The Labute approximate surface area is 150 Å². The molecule has 2 aliphatic heterocycles. The third-order valence-corrected chi connectivity index (χ3v) is 4.99. The molecule has 2 aliphatic rings. The second-order valence-electron chi connectivity index (χ2n) is 7.27. The quantitative estimate of drug-likeness (QED) is 0.738. The lowest BCUT2D eigenvalue weighted by atomic mass is 10.0. The van der Waals surface area contributed by atoms with Crippen molar-refractivity contribution in [1.29, 1.82) is 0 Å². The fourth-order valence-corrected chi connectivity index (χ4v) is 3.42. The van der Waals surface area contributed by atoms with E-state index in [9.17, 15) is 14.4 Å². The molecule has 2 saturated heterocycles. The molecule has 2 fully saturated rings. The third-order valence-electron chi connectivity index (χ3n) is 4.99. The van der Waals surface area contributed by atoms with Gasteiger partial charge in [-0.3, -0.25) is 9.59 Å². The summed E-state index contributed by atoms with van der Waals surface area (Å²) in [5.41, 5.74) is 0. The Kier molecular flexibility index (Phi) is 7.08. The zero-order valence-electron chi connectivity index (χ0n) is 15.6. The summed E-state index contributed by atoms with van der Waals surface area (Å²) in [5.74, 6) is -0.0846. The van der Waals surface area contributed by atoms with Crippen molar-refractivity contribution in [3.63, 3.8) is 0 Å². The maximum Gasteiger partial charge on any atom is 0.407 e. The molecule has 0 aliphatic carbocycles. The van der Waals surface area contributed by atoms with Crippen molar-refractivity contribution in [1.82, 2.24) is 15.1 Å². The highest BCUT2D eigenvalue weighted by atomic mass is 16.5. The van der Waals surface area contributed by atoms with Crippen LogP contribution in [0.3, 0.4) is 0 Å². The topological polar surface area (TPSA) is 79.0 Å². The maximum atomic E-state index is 12.7. The van der Waals surface area contributed by atoms with E-state index in [4.69, 9.17) is 4.74 Å².